The molecule has 0 bridgehead atoms. The van der Waals surface area contributed by atoms with Crippen LogP contribution in [0.15, 0.2) is 33.7 Å². The summed E-state index contributed by atoms with van der Waals surface area (Å²) in [7, 11) is 0. The van der Waals surface area contributed by atoms with E-state index in [1.54, 1.807) is 13.8 Å². The van der Waals surface area contributed by atoms with Gasteiger partial charge in [0.05, 0.1) is 110 Å². The van der Waals surface area contributed by atoms with E-state index >= 15 is 0 Å². The number of carboxylic acid groups (broad SMARTS) is 2. The Morgan fingerprint density at radius 2 is 0.953 bits per heavy atom. The first kappa shape index (κ1) is 73.6. The Bertz CT molecular complexity index is 2140. The van der Waals surface area contributed by atoms with Crippen molar-refractivity contribution in [2.24, 2.45) is 32.9 Å². The summed E-state index contributed by atoms with van der Waals surface area (Å²) in [5.74, 6) is -4.48. The molecular weight excluding hydrogens is 1140 g/mol. The second-order valence-corrected chi connectivity index (χ2v) is 18.3. The highest BCUT2D eigenvalue weighted by molar-refractivity contribution is 5.86. The van der Waals surface area contributed by atoms with Crippen LogP contribution >= 0.6 is 0 Å². The topological polar surface area (TPSA) is 508 Å². The number of aliphatic hydroxyl groups is 4. The second-order valence-electron chi connectivity index (χ2n) is 18.3. The third-order valence-electron chi connectivity index (χ3n) is 12.0. The van der Waals surface area contributed by atoms with Crippen LogP contribution in [0.25, 0.3) is 0 Å². The van der Waals surface area contributed by atoms with Gasteiger partial charge in [0.15, 0.2) is 36.3 Å². The highest BCUT2D eigenvalue weighted by Crippen LogP contribution is 2.29. The van der Waals surface area contributed by atoms with Crippen molar-refractivity contribution < 1.29 is 112 Å². The van der Waals surface area contributed by atoms with Gasteiger partial charge in [0, 0.05) is 59.7 Å². The van der Waals surface area contributed by atoms with Gasteiger partial charge in [-0.15, -0.1) is 6.42 Å². The zero-order valence-corrected chi connectivity index (χ0v) is 48.0. The summed E-state index contributed by atoms with van der Waals surface area (Å²) in [5, 5.41) is 69.1. The Balaban J connectivity index is 2.16. The van der Waals surface area contributed by atoms with Crippen molar-refractivity contribution >= 4 is 53.9 Å². The van der Waals surface area contributed by atoms with Gasteiger partial charge in [-0.3, -0.25) is 9.59 Å². The first-order chi connectivity index (χ1) is 40.5. The van der Waals surface area contributed by atoms with Crippen LogP contribution in [0, 0.1) is 12.3 Å². The normalized spacial score (nSPS) is 19.4. The summed E-state index contributed by atoms with van der Waals surface area (Å²) in [4.78, 5) is 101. The van der Waals surface area contributed by atoms with E-state index < -0.39 is 139 Å². The van der Waals surface area contributed by atoms with Gasteiger partial charge in [0.1, 0.15) is 18.8 Å². The summed E-state index contributed by atoms with van der Waals surface area (Å²) in [6.07, 6.45) is -5.61. The van der Waals surface area contributed by atoms with Crippen molar-refractivity contribution in [2.45, 2.75) is 88.5 Å². The molecule has 0 radical (unpaired) electrons. The third kappa shape index (κ3) is 27.4. The molecule has 2 rings (SSSR count). The molecular formula is C50H84N12O23. The number of rotatable bonds is 41. The molecule has 0 saturated heterocycles. The zero-order valence-electron chi connectivity index (χ0n) is 48.0. The number of aliphatic imine (C=N–C) groups is 2. The summed E-state index contributed by atoms with van der Waals surface area (Å²) < 4.78 is 55.6. The van der Waals surface area contributed by atoms with Crippen molar-refractivity contribution in [3.63, 3.8) is 0 Å². The van der Waals surface area contributed by atoms with E-state index in [1.807, 2.05) is 0 Å². The van der Waals surface area contributed by atoms with E-state index in [9.17, 15) is 64.2 Å². The van der Waals surface area contributed by atoms with E-state index in [2.05, 4.69) is 31.9 Å². The number of likely N-dealkylation sites (N-methyl/N-ethyl adjacent to an activating group) is 2. The maximum Gasteiger partial charge on any atom is 0.410 e. The quantitative estimate of drug-likeness (QED) is 0.0117. The maximum absolute atomic E-state index is 13.6. The van der Waals surface area contributed by atoms with E-state index in [-0.39, 0.29) is 98.7 Å². The first-order valence-electron chi connectivity index (χ1n) is 26.9. The summed E-state index contributed by atoms with van der Waals surface area (Å²) in [6.45, 7) is 4.93. The fourth-order valence-corrected chi connectivity index (χ4v) is 8.02. The van der Waals surface area contributed by atoms with Crippen molar-refractivity contribution in [3.8, 4) is 12.3 Å². The minimum absolute atomic E-state index is 0.0128. The molecule has 85 heavy (non-hydrogen) atoms. The number of hydrogen-bond acceptors (Lipinski definition) is 23. The molecule has 0 aromatic heterocycles. The number of aliphatic hydroxyl groups excluding tert-OH is 4. The van der Waals surface area contributed by atoms with Crippen molar-refractivity contribution in [1.82, 2.24) is 30.7 Å². The van der Waals surface area contributed by atoms with Crippen molar-refractivity contribution in [2.75, 3.05) is 138 Å². The number of nitrogens with two attached hydrogens (primary N) is 4. The van der Waals surface area contributed by atoms with Gasteiger partial charge < -0.3 is 132 Å². The smallest absolute Gasteiger partial charge is 0.410 e. The fraction of sp³-hybridized carbons (Fsp3) is 0.700. The second kappa shape index (κ2) is 40.7. The van der Waals surface area contributed by atoms with Crippen LogP contribution in [0.4, 0.5) is 14.4 Å². The predicted octanol–water partition coefficient (Wildman–Crippen LogP) is -5.88. The molecule has 482 valence electrons. The molecule has 6 amide bonds. The van der Waals surface area contributed by atoms with Gasteiger partial charge in [-0.25, -0.2) is 34.0 Å². The molecule has 2 aliphatic rings. The number of guanidine groups is 2. The number of carbonyl (C=O) groups is 7. The molecule has 0 fully saturated rings. The highest BCUT2D eigenvalue weighted by Gasteiger charge is 2.48. The molecule has 2 heterocycles. The van der Waals surface area contributed by atoms with Gasteiger partial charge in [-0.2, -0.15) is 0 Å². The lowest BCUT2D eigenvalue weighted by Gasteiger charge is -2.40. The lowest BCUT2D eigenvalue weighted by Crippen LogP contribution is -2.61. The van der Waals surface area contributed by atoms with Gasteiger partial charge in [0.25, 0.3) is 0 Å². The number of urea groups is 1. The minimum Gasteiger partial charge on any atom is -0.477 e. The van der Waals surface area contributed by atoms with Crippen LogP contribution in [0.1, 0.15) is 27.7 Å². The molecule has 2 aliphatic heterocycles. The van der Waals surface area contributed by atoms with Crippen LogP contribution < -0.4 is 38.9 Å². The van der Waals surface area contributed by atoms with E-state index in [1.165, 1.54) is 4.90 Å². The number of nitrogens with one attached hydrogen (secondary N) is 3. The van der Waals surface area contributed by atoms with Crippen LogP contribution in [0.5, 0.6) is 0 Å². The molecule has 35 nitrogen and oxygen atoms in total. The summed E-state index contributed by atoms with van der Waals surface area (Å²) >= 11 is 0. The third-order valence-corrected chi connectivity index (χ3v) is 12.0. The van der Waals surface area contributed by atoms with E-state index in [4.69, 9.17) is 76.7 Å². The predicted molar refractivity (Wildman–Crippen MR) is 296 cm³/mol. The molecule has 0 spiro atoms. The van der Waals surface area contributed by atoms with E-state index in [0.29, 0.717) is 26.4 Å². The molecule has 0 aromatic rings. The SMILES string of the molecule is C#CCOCCOCCOCCOCCNC(=O)N(CCOCCN(CC)C(=O)O[C@@H]([C@@H]1OC(C(=O)O)=C[C@H](N=C(N)N)[C@H]1NC(C)=O)[C@H](O)CO)CCOCCN(CC)C(=O)O[C@@H]([C@@H]1OC(C(=O)O)=C[C@H](N=C(N)N)[C@H]1NC(C)=O)[C@H](O)CO. The highest BCUT2D eigenvalue weighted by atomic mass is 16.6. The number of nitrogens with zero attached hydrogens (tertiary/aromatic N) is 5. The van der Waals surface area contributed by atoms with Gasteiger partial charge in [-0.05, 0) is 26.0 Å². The average Bonchev–Trinajstić information content (AvgIpc) is 2.27. The average molecular weight is 1220 g/mol. The molecule has 0 saturated carbocycles. The monoisotopic (exact) mass is 1220 g/mol. The minimum atomic E-state index is -1.87. The first-order valence-corrected chi connectivity index (χ1v) is 26.9. The fourth-order valence-electron chi connectivity index (χ4n) is 8.02. The Hall–Kier alpha value is -7.53. The Morgan fingerprint density at radius 1 is 0.600 bits per heavy atom. The summed E-state index contributed by atoms with van der Waals surface area (Å²) in [6, 6.07) is -5.73. The largest absolute Gasteiger partial charge is 0.477 e. The molecule has 10 atom stereocenters. The lowest BCUT2D eigenvalue weighted by molar-refractivity contribution is -0.148. The zero-order chi connectivity index (χ0) is 63.4. The van der Waals surface area contributed by atoms with Crippen molar-refractivity contribution in [3.05, 3.63) is 23.7 Å². The number of terminal acetylenes is 1. The summed E-state index contributed by atoms with van der Waals surface area (Å²) in [5.41, 5.74) is 22.3. The molecule has 0 unspecified atom stereocenters. The van der Waals surface area contributed by atoms with Gasteiger partial charge in [0.2, 0.25) is 23.3 Å². The molecule has 0 aliphatic carbocycles. The lowest BCUT2D eigenvalue weighted by atomic mass is 9.92. The standard InChI is InChI=1S/C50H84N12O23/c1-6-14-76-20-22-80-24-25-81-23-21-77-15-9-55-48(73)62(12-18-78-16-10-60(7-2)49(74)84-40(34(67)28-63)42-38(56-30(4)65)32(58-46(51)52)26-36(82-42)44(69)70)13-19-79-17-11-61(8-3)50(75)85-41(35(68)29-64)43-39(57-31(5)66)33(59-47(53)54)27-37(83-43)45(71)72/h1,26-27,32-35,38-43,63-64,67-68H,7-25,28-29H2,2-5H3,(H,55,73)(H,56,65)(H,57,66)(H,69,70)(H,71,72)(H4,51,52,58)(H4,53,54,59)/t32-,33-,34+,35+,38+,39+,40+,41+,42+,43+/m0/s1. The Labute approximate surface area is 490 Å². The molecule has 17 N–H and O–H groups in total. The van der Waals surface area contributed by atoms with Crippen LogP contribution in [0.2, 0.25) is 0 Å². The molecule has 35 heteroatoms. The maximum atomic E-state index is 13.6. The number of hydrogen-bond donors (Lipinski definition) is 13. The van der Waals surface area contributed by atoms with Crippen LogP contribution in [-0.4, -0.2) is 298 Å². The van der Waals surface area contributed by atoms with Crippen molar-refractivity contribution in [1.29, 1.82) is 0 Å². The number of carboxylic acids is 2. The number of ether oxygens (including phenoxy) is 10. The van der Waals surface area contributed by atoms with Gasteiger partial charge >= 0.3 is 30.2 Å². The van der Waals surface area contributed by atoms with Crippen LogP contribution in [0.3, 0.4) is 0 Å². The van der Waals surface area contributed by atoms with Crippen LogP contribution in [-0.2, 0) is 66.5 Å². The Kier molecular flexibility index (Phi) is 35.2. The number of amides is 6. The molecule has 0 aromatic carbocycles. The number of carbonyl (C=O) groups excluding carboxylic acids is 5. The Morgan fingerprint density at radius 3 is 1.28 bits per heavy atom. The van der Waals surface area contributed by atoms with Gasteiger partial charge in [-0.1, -0.05) is 5.92 Å². The number of aliphatic carboxylic acids is 2. The van der Waals surface area contributed by atoms with E-state index in [0.717, 1.165) is 35.8 Å².